The topological polar surface area (TPSA) is 135 Å². The third kappa shape index (κ3) is 6.66. The number of carbonyl (C=O) groups is 2. The van der Waals surface area contributed by atoms with E-state index in [0.717, 1.165) is 0 Å². The van der Waals surface area contributed by atoms with E-state index < -0.39 is 33.8 Å². The average Bonchev–Trinajstić information content (AvgIpc) is 3.24. The van der Waals surface area contributed by atoms with Crippen molar-refractivity contribution in [1.29, 1.82) is 0 Å². The predicted octanol–water partition coefficient (Wildman–Crippen LogP) is 3.90. The maximum atomic E-state index is 13.8. The quantitative estimate of drug-likeness (QED) is 0.235. The fourth-order valence-corrected chi connectivity index (χ4v) is 5.38. The van der Waals surface area contributed by atoms with Gasteiger partial charge in [0.05, 0.1) is 10.5 Å². The van der Waals surface area contributed by atoms with Crippen LogP contribution in [0.5, 0.6) is 5.75 Å². The van der Waals surface area contributed by atoms with Crippen LogP contribution in [0.15, 0.2) is 77.8 Å². The molecule has 40 heavy (non-hydrogen) atoms. The number of sulfonamides is 1. The number of hydrogen-bond donors (Lipinski definition) is 3. The minimum absolute atomic E-state index is 0.0167. The molecule has 1 atom stereocenters. The first-order chi connectivity index (χ1) is 19.1. The molecule has 3 aromatic carbocycles. The number of aromatic nitrogens is 1. The third-order valence-electron chi connectivity index (χ3n) is 6.09. The molecule has 0 aliphatic heterocycles. The Bertz CT molecular complexity index is 1740. The molecule has 4 aromatic rings. The molecule has 0 spiro atoms. The minimum Gasteiger partial charge on any atom is -0.481 e. The number of carboxylic acids is 2. The van der Waals surface area contributed by atoms with Crippen molar-refractivity contribution in [2.24, 2.45) is 0 Å². The fourth-order valence-electron chi connectivity index (χ4n) is 4.19. The summed E-state index contributed by atoms with van der Waals surface area (Å²) in [6.07, 6.45) is 1.35. The van der Waals surface area contributed by atoms with Gasteiger partial charge in [-0.05, 0) is 72.6 Å². The Morgan fingerprint density at radius 3 is 2.48 bits per heavy atom. The van der Waals surface area contributed by atoms with E-state index in [9.17, 15) is 32.6 Å². The first-order valence-corrected chi connectivity index (χ1v) is 13.5. The Morgan fingerprint density at radius 2 is 1.82 bits per heavy atom. The Kier molecular flexibility index (Phi) is 8.52. The molecule has 1 heterocycles. The maximum absolute atomic E-state index is 13.8. The van der Waals surface area contributed by atoms with Gasteiger partial charge in [-0.15, -0.1) is 5.92 Å². The van der Waals surface area contributed by atoms with Gasteiger partial charge in [-0.2, -0.15) is 4.72 Å². The highest BCUT2D eigenvalue weighted by Gasteiger charge is 2.27. The van der Waals surface area contributed by atoms with E-state index in [0.29, 0.717) is 27.8 Å². The molecule has 0 fully saturated rings. The molecule has 0 amide bonds. The van der Waals surface area contributed by atoms with Crippen LogP contribution in [-0.2, 0) is 27.8 Å². The van der Waals surface area contributed by atoms with Gasteiger partial charge in [0.2, 0.25) is 10.0 Å². The Morgan fingerprint density at radius 1 is 1.07 bits per heavy atom. The van der Waals surface area contributed by atoms with Crippen molar-refractivity contribution in [2.45, 2.75) is 30.8 Å². The molecule has 3 N–H and O–H groups in total. The summed E-state index contributed by atoms with van der Waals surface area (Å²) in [5, 5.41) is 19.8. The van der Waals surface area contributed by atoms with Crippen molar-refractivity contribution < 1.29 is 37.3 Å². The third-order valence-corrected chi connectivity index (χ3v) is 7.58. The lowest BCUT2D eigenvalue weighted by Crippen LogP contribution is -2.42. The molecule has 1 aromatic heterocycles. The van der Waals surface area contributed by atoms with Gasteiger partial charge in [0.15, 0.2) is 0 Å². The molecule has 4 rings (SSSR count). The van der Waals surface area contributed by atoms with Crippen molar-refractivity contribution in [3.8, 4) is 17.6 Å². The summed E-state index contributed by atoms with van der Waals surface area (Å²) in [6.45, 7) is 2.03. The van der Waals surface area contributed by atoms with Gasteiger partial charge >= 0.3 is 11.9 Å². The summed E-state index contributed by atoms with van der Waals surface area (Å²) >= 11 is 0. The van der Waals surface area contributed by atoms with Gasteiger partial charge in [0.1, 0.15) is 24.2 Å². The van der Waals surface area contributed by atoms with Crippen LogP contribution in [0.3, 0.4) is 0 Å². The molecular weight excluding hydrogens is 539 g/mol. The van der Waals surface area contributed by atoms with Gasteiger partial charge in [-0.3, -0.25) is 4.79 Å². The Labute approximate surface area is 229 Å². The summed E-state index contributed by atoms with van der Waals surface area (Å²) in [4.78, 5) is 23.6. The van der Waals surface area contributed by atoms with E-state index in [4.69, 9.17) is 4.74 Å². The molecule has 0 aliphatic rings. The monoisotopic (exact) mass is 564 g/mol. The zero-order valence-corrected chi connectivity index (χ0v) is 22.1. The van der Waals surface area contributed by atoms with Crippen LogP contribution < -0.4 is 9.46 Å². The highest BCUT2D eigenvalue weighted by Crippen LogP contribution is 2.26. The van der Waals surface area contributed by atoms with Crippen LogP contribution in [0.4, 0.5) is 4.39 Å². The lowest BCUT2D eigenvalue weighted by Gasteiger charge is -2.15. The van der Waals surface area contributed by atoms with Gasteiger partial charge in [-0.25, -0.2) is 17.6 Å². The van der Waals surface area contributed by atoms with E-state index in [1.165, 1.54) is 48.5 Å². The molecule has 0 bridgehead atoms. The first-order valence-electron chi connectivity index (χ1n) is 12.0. The number of ether oxygens (including phenoxy) is 1. The van der Waals surface area contributed by atoms with Crippen LogP contribution in [0.2, 0.25) is 0 Å². The minimum atomic E-state index is -4.24. The molecule has 206 valence electrons. The number of hydrogen-bond acceptors (Lipinski definition) is 5. The number of nitrogens with zero attached hydrogens (tertiary/aromatic N) is 1. The summed E-state index contributed by atoms with van der Waals surface area (Å²) < 4.78 is 49.2. The van der Waals surface area contributed by atoms with Gasteiger partial charge in [0.25, 0.3) is 0 Å². The average molecular weight is 565 g/mol. The van der Waals surface area contributed by atoms with Crippen LogP contribution in [0.1, 0.15) is 28.4 Å². The fraction of sp³-hybridized carbons (Fsp3) is 0.172. The molecule has 9 nitrogen and oxygen atoms in total. The first kappa shape index (κ1) is 28.4. The zero-order chi connectivity index (χ0) is 28.9. The number of rotatable bonds is 11. The highest BCUT2D eigenvalue weighted by atomic mass is 32.2. The van der Waals surface area contributed by atoms with Crippen LogP contribution in [0, 0.1) is 17.7 Å². The smallest absolute Gasteiger partial charge is 0.335 e. The number of halogens is 1. The standard InChI is InChI=1S/C29H25FN2O7S/c1-2-3-13-39-23-8-10-24(11-9-23)40(37,38)31-26(29(35)36)16-21-18-32(17-19-5-4-6-22(30)14-19)27-12-7-20(28(33)34)15-25(21)27/h4-12,14-15,18,26,31H,13,16-17H2,1H3,(H,33,34)(H,35,36). The highest BCUT2D eigenvalue weighted by molar-refractivity contribution is 7.89. The van der Waals surface area contributed by atoms with Gasteiger partial charge in [0, 0.05) is 30.1 Å². The van der Waals surface area contributed by atoms with E-state index in [-0.39, 0.29) is 30.0 Å². The molecule has 0 saturated heterocycles. The molecule has 0 radical (unpaired) electrons. The molecule has 0 aliphatic carbocycles. The lowest BCUT2D eigenvalue weighted by molar-refractivity contribution is -0.138. The lowest BCUT2D eigenvalue weighted by atomic mass is 10.0. The van der Waals surface area contributed by atoms with Crippen molar-refractivity contribution in [3.05, 3.63) is 95.4 Å². The molecular formula is C29H25FN2O7S. The zero-order valence-electron chi connectivity index (χ0n) is 21.3. The number of carboxylic acid groups (broad SMARTS) is 2. The van der Waals surface area contributed by atoms with Crippen molar-refractivity contribution in [2.75, 3.05) is 6.61 Å². The van der Waals surface area contributed by atoms with E-state index in [2.05, 4.69) is 16.6 Å². The van der Waals surface area contributed by atoms with Crippen LogP contribution >= 0.6 is 0 Å². The largest absolute Gasteiger partial charge is 0.481 e. The molecule has 1 unspecified atom stereocenters. The summed E-state index contributed by atoms with van der Waals surface area (Å²) in [5.74, 6) is 2.80. The second-order valence-corrected chi connectivity index (χ2v) is 10.6. The van der Waals surface area contributed by atoms with Crippen molar-refractivity contribution in [3.63, 3.8) is 0 Å². The number of fused-ring (bicyclic) bond motifs is 1. The number of benzene rings is 3. The van der Waals surface area contributed by atoms with Crippen LogP contribution in [0.25, 0.3) is 10.9 Å². The normalized spacial score (nSPS) is 11.9. The number of nitrogens with one attached hydrogen (secondary N) is 1. The van der Waals surface area contributed by atoms with Gasteiger partial charge < -0.3 is 19.5 Å². The summed E-state index contributed by atoms with van der Waals surface area (Å²) in [6, 6.07) is 14.3. The Balaban J connectivity index is 1.64. The van der Waals surface area contributed by atoms with E-state index in [1.807, 2.05) is 0 Å². The summed E-state index contributed by atoms with van der Waals surface area (Å²) in [5.41, 5.74) is 1.61. The second-order valence-electron chi connectivity index (χ2n) is 8.85. The SMILES string of the molecule is CC#CCOc1ccc(S(=O)(=O)NC(Cc2cn(Cc3cccc(F)c3)c3ccc(C(=O)O)cc23)C(=O)O)cc1. The molecule has 11 heteroatoms. The number of aliphatic carboxylic acids is 1. The number of aromatic carboxylic acids is 1. The van der Waals surface area contributed by atoms with Crippen molar-refractivity contribution >= 4 is 32.9 Å². The van der Waals surface area contributed by atoms with Crippen molar-refractivity contribution in [1.82, 2.24) is 9.29 Å². The summed E-state index contributed by atoms with van der Waals surface area (Å²) in [7, 11) is -4.24. The maximum Gasteiger partial charge on any atom is 0.335 e. The van der Waals surface area contributed by atoms with E-state index in [1.54, 1.807) is 35.9 Å². The Hall–Kier alpha value is -4.66. The van der Waals surface area contributed by atoms with Crippen LogP contribution in [-0.4, -0.2) is 47.8 Å². The molecule has 0 saturated carbocycles. The van der Waals surface area contributed by atoms with Gasteiger partial charge in [-0.1, -0.05) is 18.1 Å². The predicted molar refractivity (Wildman–Crippen MR) is 145 cm³/mol. The van der Waals surface area contributed by atoms with E-state index >= 15 is 0 Å². The second kappa shape index (κ2) is 12.0.